The lowest BCUT2D eigenvalue weighted by atomic mass is 9.66. The van der Waals surface area contributed by atoms with Crippen LogP contribution in [-0.4, -0.2) is 15.0 Å². The van der Waals surface area contributed by atoms with Crippen molar-refractivity contribution in [1.82, 2.24) is 15.0 Å². The van der Waals surface area contributed by atoms with Crippen molar-refractivity contribution in [2.75, 3.05) is 0 Å². The van der Waals surface area contributed by atoms with Crippen LogP contribution in [0.25, 0.3) is 54.1 Å². The molecular weight excluding hydrogens is 671 g/mol. The third-order valence-corrected chi connectivity index (χ3v) is 12.6. The Morgan fingerprint density at radius 2 is 1.17 bits per heavy atom. The summed E-state index contributed by atoms with van der Waals surface area (Å²) in [6.45, 7) is 6.68. The van der Waals surface area contributed by atoms with Gasteiger partial charge in [-0.05, 0) is 76.2 Å². The van der Waals surface area contributed by atoms with Crippen molar-refractivity contribution in [3.8, 4) is 22.8 Å². The molecule has 0 amide bonds. The number of benzene rings is 6. The molecule has 2 aliphatic rings. The van der Waals surface area contributed by atoms with Gasteiger partial charge in [-0.3, -0.25) is 0 Å². The van der Waals surface area contributed by atoms with Gasteiger partial charge < -0.3 is 0 Å². The number of hydrogen-bond acceptors (Lipinski definition) is 5. The van der Waals surface area contributed by atoms with Gasteiger partial charge in [0.2, 0.25) is 0 Å². The van der Waals surface area contributed by atoms with Crippen LogP contribution in [0, 0.1) is 0 Å². The molecule has 0 fully saturated rings. The highest BCUT2D eigenvalue weighted by atomic mass is 32.2. The number of hydrogen-bond donors (Lipinski definition) is 0. The molecule has 10 rings (SSSR count). The van der Waals surface area contributed by atoms with Crippen molar-refractivity contribution in [2.24, 2.45) is 0 Å². The molecule has 52 heavy (non-hydrogen) atoms. The molecule has 0 unspecified atom stereocenters. The van der Waals surface area contributed by atoms with Crippen molar-refractivity contribution in [3.63, 3.8) is 0 Å². The average Bonchev–Trinajstić information content (AvgIpc) is 3.72. The smallest absolute Gasteiger partial charge is 0.164 e. The largest absolute Gasteiger partial charge is 0.209 e. The van der Waals surface area contributed by atoms with Crippen LogP contribution in [0.1, 0.15) is 35.0 Å². The maximum Gasteiger partial charge on any atom is 0.164 e. The van der Waals surface area contributed by atoms with Crippen LogP contribution < -0.4 is 0 Å². The number of fused-ring (bicyclic) bond motifs is 10. The summed E-state index contributed by atoms with van der Waals surface area (Å²) in [5, 5.41) is 2.56. The zero-order valence-corrected chi connectivity index (χ0v) is 30.0. The van der Waals surface area contributed by atoms with Gasteiger partial charge in [0.05, 0.1) is 5.41 Å². The van der Waals surface area contributed by atoms with Crippen LogP contribution in [0.2, 0.25) is 0 Å². The number of nitrogens with zero attached hydrogens (tertiary/aromatic N) is 3. The standard InChI is InChI=1S/C47H31N3S2/c1-3-34-33(28-29(2)44-48-45(30-16-6-4-7-17-30)50-46(49-44)31-18-8-5-9-19-31)42-37(26-27-41-43(42)32-20-10-13-23-38(32)51-41)47(34)35-21-11-14-24-39(35)52-40-25-15-12-22-36(40)47/h3-28H,1H2,2H3/b29-28+. The van der Waals surface area contributed by atoms with E-state index in [1.165, 1.54) is 57.8 Å². The lowest BCUT2D eigenvalue weighted by Gasteiger charge is -2.40. The number of rotatable bonds is 5. The molecule has 3 nitrogen and oxygen atoms in total. The number of allylic oxidation sites excluding steroid dienone is 5. The highest BCUT2D eigenvalue weighted by Gasteiger charge is 2.51. The Balaban J connectivity index is 1.31. The average molecular weight is 702 g/mol. The SMILES string of the molecule is C=CC1=C(/C=C(\C)c2nc(-c3ccccc3)nc(-c3ccccc3)n2)c2c(ccc3sc4ccccc4c23)C12c1ccccc1Sc1ccccc12. The molecule has 0 bridgehead atoms. The Morgan fingerprint density at radius 3 is 1.81 bits per heavy atom. The molecule has 1 aliphatic heterocycles. The predicted octanol–water partition coefficient (Wildman–Crippen LogP) is 12.4. The van der Waals surface area contributed by atoms with Gasteiger partial charge in [-0.25, -0.2) is 15.0 Å². The zero-order chi connectivity index (χ0) is 34.8. The minimum absolute atomic E-state index is 0.553. The molecule has 0 atom stereocenters. The second-order valence-electron chi connectivity index (χ2n) is 13.2. The van der Waals surface area contributed by atoms with Crippen molar-refractivity contribution in [2.45, 2.75) is 22.1 Å². The Morgan fingerprint density at radius 1 is 0.596 bits per heavy atom. The van der Waals surface area contributed by atoms with E-state index in [4.69, 9.17) is 15.0 Å². The monoisotopic (exact) mass is 701 g/mol. The Kier molecular flexibility index (Phi) is 7.20. The zero-order valence-electron chi connectivity index (χ0n) is 28.4. The molecule has 5 heteroatoms. The van der Waals surface area contributed by atoms with Crippen LogP contribution in [0.5, 0.6) is 0 Å². The summed E-state index contributed by atoms with van der Waals surface area (Å²) >= 11 is 3.71. The topological polar surface area (TPSA) is 38.7 Å². The molecule has 1 spiro atoms. The molecule has 6 aromatic carbocycles. The predicted molar refractivity (Wildman–Crippen MR) is 218 cm³/mol. The summed E-state index contributed by atoms with van der Waals surface area (Å²) < 4.78 is 2.55. The fourth-order valence-electron chi connectivity index (χ4n) is 8.14. The Bertz CT molecular complexity index is 2690. The number of thiophene rings is 1. The van der Waals surface area contributed by atoms with E-state index in [-0.39, 0.29) is 0 Å². The molecule has 2 aromatic heterocycles. The molecule has 0 N–H and O–H groups in total. The van der Waals surface area contributed by atoms with Crippen molar-refractivity contribution in [3.05, 3.63) is 198 Å². The number of aromatic nitrogens is 3. The van der Waals surface area contributed by atoms with E-state index in [2.05, 4.69) is 135 Å². The minimum Gasteiger partial charge on any atom is -0.209 e. The third-order valence-electron chi connectivity index (χ3n) is 10.3. The lowest BCUT2D eigenvalue weighted by molar-refractivity contribution is 0.717. The van der Waals surface area contributed by atoms with Crippen molar-refractivity contribution >= 4 is 54.4 Å². The van der Waals surface area contributed by atoms with Gasteiger partial charge in [0.25, 0.3) is 0 Å². The molecule has 1 aliphatic carbocycles. The first kappa shape index (κ1) is 30.9. The van der Waals surface area contributed by atoms with Gasteiger partial charge >= 0.3 is 0 Å². The molecule has 0 saturated heterocycles. The van der Waals surface area contributed by atoms with Gasteiger partial charge in [-0.1, -0.05) is 146 Å². The summed E-state index contributed by atoms with van der Waals surface area (Å²) in [5.41, 5.74) is 9.73. The minimum atomic E-state index is -0.553. The van der Waals surface area contributed by atoms with Gasteiger partial charge in [-0.2, -0.15) is 0 Å². The maximum absolute atomic E-state index is 5.12. The third kappa shape index (κ3) is 4.56. The summed E-state index contributed by atoms with van der Waals surface area (Å²) in [6, 6.07) is 51.6. The molecule has 0 radical (unpaired) electrons. The van der Waals surface area contributed by atoms with E-state index in [1.54, 1.807) is 0 Å². The lowest BCUT2D eigenvalue weighted by Crippen LogP contribution is -2.32. The molecule has 8 aromatic rings. The van der Waals surface area contributed by atoms with Crippen molar-refractivity contribution in [1.29, 1.82) is 0 Å². The van der Waals surface area contributed by atoms with Crippen LogP contribution in [0.15, 0.2) is 180 Å². The highest BCUT2D eigenvalue weighted by molar-refractivity contribution is 7.99. The van der Waals surface area contributed by atoms with Crippen molar-refractivity contribution < 1.29 is 0 Å². The molecular formula is C47H31N3S2. The van der Waals surface area contributed by atoms with E-state index in [9.17, 15) is 0 Å². The van der Waals surface area contributed by atoms with Crippen LogP contribution >= 0.6 is 23.1 Å². The summed E-state index contributed by atoms with van der Waals surface area (Å²) in [5.74, 6) is 1.95. The van der Waals surface area contributed by atoms with Gasteiger partial charge in [0.1, 0.15) is 0 Å². The first-order valence-corrected chi connectivity index (χ1v) is 19.0. The maximum atomic E-state index is 5.12. The van der Waals surface area contributed by atoms with E-state index >= 15 is 0 Å². The second kappa shape index (κ2) is 12.1. The van der Waals surface area contributed by atoms with Crippen LogP contribution in [0.3, 0.4) is 0 Å². The molecule has 246 valence electrons. The first-order chi connectivity index (χ1) is 25.6. The van der Waals surface area contributed by atoms with Crippen LogP contribution in [-0.2, 0) is 5.41 Å². The van der Waals surface area contributed by atoms with Gasteiger partial charge in [0, 0.05) is 41.1 Å². The van der Waals surface area contributed by atoms with Crippen LogP contribution in [0.4, 0.5) is 0 Å². The Hall–Kier alpha value is -5.88. The molecule has 3 heterocycles. The summed E-state index contributed by atoms with van der Waals surface area (Å²) in [6.07, 6.45) is 4.41. The fraction of sp³-hybridized carbons (Fsp3) is 0.0426. The second-order valence-corrected chi connectivity index (χ2v) is 15.4. The quantitative estimate of drug-likeness (QED) is 0.179. The van der Waals surface area contributed by atoms with E-state index < -0.39 is 5.41 Å². The highest BCUT2D eigenvalue weighted by Crippen LogP contribution is 2.63. The van der Waals surface area contributed by atoms with E-state index in [1.807, 2.05) is 59.5 Å². The fourth-order valence-corrected chi connectivity index (χ4v) is 10.5. The van der Waals surface area contributed by atoms with E-state index in [0.29, 0.717) is 17.5 Å². The first-order valence-electron chi connectivity index (χ1n) is 17.4. The Labute approximate surface area is 310 Å². The summed E-state index contributed by atoms with van der Waals surface area (Å²) in [7, 11) is 0. The summed E-state index contributed by atoms with van der Waals surface area (Å²) in [4.78, 5) is 17.7. The van der Waals surface area contributed by atoms with E-state index in [0.717, 1.165) is 22.3 Å². The van der Waals surface area contributed by atoms with Gasteiger partial charge in [-0.15, -0.1) is 11.3 Å². The van der Waals surface area contributed by atoms with Gasteiger partial charge in [0.15, 0.2) is 17.5 Å². The molecule has 0 saturated carbocycles. The normalized spacial score (nSPS) is 14.4.